The van der Waals surface area contributed by atoms with Gasteiger partial charge in [-0.2, -0.15) is 0 Å². The molecule has 2 saturated heterocycles. The molecular formula is C27H33Cl5N4O2. The number of halogens is 5. The van der Waals surface area contributed by atoms with Gasteiger partial charge in [-0.1, -0.05) is 58.9 Å². The van der Waals surface area contributed by atoms with E-state index in [4.69, 9.17) is 46.4 Å². The molecule has 0 N–H and O–H groups in total. The van der Waals surface area contributed by atoms with Crippen LogP contribution in [0.2, 0.25) is 20.1 Å². The number of urea groups is 1. The number of piperazine rings is 1. The molecule has 0 bridgehead atoms. The monoisotopic (exact) mass is 620 g/mol. The summed E-state index contributed by atoms with van der Waals surface area (Å²) in [6, 6.07) is 10.6. The molecule has 0 spiro atoms. The number of carbonyl (C=O) groups is 2. The average Bonchev–Trinajstić information content (AvgIpc) is 3.02. The fourth-order valence-electron chi connectivity index (χ4n) is 4.95. The summed E-state index contributed by atoms with van der Waals surface area (Å²) in [6.07, 6.45) is 2.89. The molecule has 4 rings (SSSR count). The molecule has 11 heteroatoms. The smallest absolute Gasteiger partial charge is 0.327 e. The van der Waals surface area contributed by atoms with Gasteiger partial charge in [-0.15, -0.1) is 12.4 Å². The summed E-state index contributed by atoms with van der Waals surface area (Å²) < 4.78 is 0. The van der Waals surface area contributed by atoms with Crippen molar-refractivity contribution < 1.29 is 9.59 Å². The molecule has 3 amide bonds. The third kappa shape index (κ3) is 7.01. The van der Waals surface area contributed by atoms with Crippen LogP contribution in [0, 0.1) is 0 Å². The van der Waals surface area contributed by atoms with E-state index >= 15 is 0 Å². The maximum absolute atomic E-state index is 13.1. The number of nitrogens with zero attached hydrogens (tertiary/aromatic N) is 4. The summed E-state index contributed by atoms with van der Waals surface area (Å²) in [5.41, 5.74) is 0.926. The van der Waals surface area contributed by atoms with Crippen LogP contribution in [-0.2, 0) is 11.3 Å². The van der Waals surface area contributed by atoms with E-state index in [9.17, 15) is 9.59 Å². The van der Waals surface area contributed by atoms with Crippen LogP contribution in [0.15, 0.2) is 36.4 Å². The summed E-state index contributed by atoms with van der Waals surface area (Å²) in [5.74, 6) is -0.205. The Hall–Kier alpha value is -1.41. The van der Waals surface area contributed by atoms with Crippen LogP contribution in [0.25, 0.3) is 0 Å². The molecule has 2 aromatic rings. The summed E-state index contributed by atoms with van der Waals surface area (Å²) in [6.45, 7) is 9.22. The van der Waals surface area contributed by atoms with Crippen LogP contribution in [-0.4, -0.2) is 71.4 Å². The largest absolute Gasteiger partial charge is 0.369 e. The van der Waals surface area contributed by atoms with Gasteiger partial charge in [0.2, 0.25) is 0 Å². The van der Waals surface area contributed by atoms with Gasteiger partial charge in [-0.3, -0.25) is 14.6 Å². The van der Waals surface area contributed by atoms with Crippen molar-refractivity contribution in [2.45, 2.75) is 45.2 Å². The van der Waals surface area contributed by atoms with E-state index in [0.29, 0.717) is 32.2 Å². The summed E-state index contributed by atoms with van der Waals surface area (Å²) in [5, 5.41) is 2.12. The zero-order valence-corrected chi connectivity index (χ0v) is 25.4. The normalized spacial score (nSPS) is 17.8. The summed E-state index contributed by atoms with van der Waals surface area (Å²) in [4.78, 5) is 34.0. The number of imide groups is 1. The molecule has 6 nitrogen and oxygen atoms in total. The van der Waals surface area contributed by atoms with E-state index in [2.05, 4.69) is 9.80 Å². The second-order valence-corrected chi connectivity index (χ2v) is 11.8. The van der Waals surface area contributed by atoms with Gasteiger partial charge in [0.05, 0.1) is 16.6 Å². The number of hydrogen-bond donors (Lipinski definition) is 0. The number of unbranched alkanes of at least 4 members (excludes halogenated alkanes) is 2. The van der Waals surface area contributed by atoms with Crippen LogP contribution < -0.4 is 4.90 Å². The molecular weight excluding hydrogens is 590 g/mol. The van der Waals surface area contributed by atoms with Crippen LogP contribution in [0.3, 0.4) is 0 Å². The van der Waals surface area contributed by atoms with Crippen LogP contribution >= 0.6 is 58.8 Å². The fraction of sp³-hybridized carbons (Fsp3) is 0.481. The molecule has 0 aliphatic carbocycles. The van der Waals surface area contributed by atoms with Crippen molar-refractivity contribution in [2.24, 2.45) is 0 Å². The highest BCUT2D eigenvalue weighted by Gasteiger charge is 2.50. The highest BCUT2D eigenvalue weighted by Crippen LogP contribution is 2.32. The molecule has 38 heavy (non-hydrogen) atoms. The van der Waals surface area contributed by atoms with E-state index in [1.165, 1.54) is 4.90 Å². The van der Waals surface area contributed by atoms with Crippen molar-refractivity contribution >= 4 is 76.4 Å². The van der Waals surface area contributed by atoms with Gasteiger partial charge in [0, 0.05) is 48.5 Å². The molecule has 208 valence electrons. The molecule has 2 aromatic carbocycles. The van der Waals surface area contributed by atoms with Gasteiger partial charge in [-0.05, 0) is 69.1 Å². The molecule has 2 aliphatic heterocycles. The van der Waals surface area contributed by atoms with Crippen molar-refractivity contribution in [3.63, 3.8) is 0 Å². The van der Waals surface area contributed by atoms with E-state index in [1.54, 1.807) is 23.1 Å². The number of benzene rings is 2. The number of carbonyl (C=O) groups excluding carboxylic acids is 2. The standard InChI is InChI=1S/C27H32Cl4N4O2.ClH/c1-27(2)25(36)34(18-19-6-7-20(28)16-23(19)30)26(37)35(27)11-5-3-4-10-32-12-14-33(15-13-32)21-8-9-22(29)24(31)17-21;/h6-9,16-17H,3-5,10-15,18H2,1-2H3;1H. The minimum absolute atomic E-state index is 0. The van der Waals surface area contributed by atoms with E-state index in [0.717, 1.165) is 57.7 Å². The second-order valence-electron chi connectivity index (χ2n) is 10.1. The van der Waals surface area contributed by atoms with Crippen molar-refractivity contribution in [3.05, 3.63) is 62.1 Å². The van der Waals surface area contributed by atoms with Crippen molar-refractivity contribution in [3.8, 4) is 0 Å². The summed E-state index contributed by atoms with van der Waals surface area (Å²) in [7, 11) is 0. The Balaban J connectivity index is 0.00000400. The van der Waals surface area contributed by atoms with E-state index in [-0.39, 0.29) is 30.9 Å². The first-order chi connectivity index (χ1) is 17.6. The average molecular weight is 623 g/mol. The Bertz CT molecular complexity index is 1150. The molecule has 2 aliphatic rings. The van der Waals surface area contributed by atoms with Crippen LogP contribution in [0.5, 0.6) is 0 Å². The third-order valence-electron chi connectivity index (χ3n) is 7.25. The van der Waals surface area contributed by atoms with Crippen molar-refractivity contribution in [1.82, 2.24) is 14.7 Å². The van der Waals surface area contributed by atoms with Gasteiger partial charge in [0.25, 0.3) is 5.91 Å². The van der Waals surface area contributed by atoms with E-state index in [1.807, 2.05) is 32.0 Å². The molecule has 0 aromatic heterocycles. The quantitative estimate of drug-likeness (QED) is 0.218. The number of hydrogen-bond acceptors (Lipinski definition) is 4. The minimum Gasteiger partial charge on any atom is -0.369 e. The molecule has 0 atom stereocenters. The summed E-state index contributed by atoms with van der Waals surface area (Å²) >= 11 is 24.5. The molecule has 0 saturated carbocycles. The minimum atomic E-state index is -0.878. The lowest BCUT2D eigenvalue weighted by atomic mass is 10.0. The van der Waals surface area contributed by atoms with Gasteiger partial charge in [-0.25, -0.2) is 4.79 Å². The number of rotatable bonds is 9. The number of amides is 3. The first kappa shape index (κ1) is 31.1. The zero-order chi connectivity index (χ0) is 26.7. The Morgan fingerprint density at radius 1 is 0.789 bits per heavy atom. The maximum Gasteiger partial charge on any atom is 0.327 e. The van der Waals surface area contributed by atoms with E-state index < -0.39 is 5.54 Å². The topological polar surface area (TPSA) is 47.1 Å². The van der Waals surface area contributed by atoms with Gasteiger partial charge < -0.3 is 9.80 Å². The fourth-order valence-corrected chi connectivity index (χ4v) is 5.71. The van der Waals surface area contributed by atoms with Gasteiger partial charge >= 0.3 is 6.03 Å². The lowest BCUT2D eigenvalue weighted by Crippen LogP contribution is -2.46. The lowest BCUT2D eigenvalue weighted by Gasteiger charge is -2.36. The molecule has 2 fully saturated rings. The highest BCUT2D eigenvalue weighted by molar-refractivity contribution is 6.42. The molecule has 2 heterocycles. The Kier molecular flexibility index (Phi) is 10.9. The maximum atomic E-state index is 13.1. The lowest BCUT2D eigenvalue weighted by molar-refractivity contribution is -0.132. The van der Waals surface area contributed by atoms with Crippen molar-refractivity contribution in [2.75, 3.05) is 44.2 Å². The zero-order valence-electron chi connectivity index (χ0n) is 21.6. The van der Waals surface area contributed by atoms with Crippen LogP contribution in [0.1, 0.15) is 38.7 Å². The predicted octanol–water partition coefficient (Wildman–Crippen LogP) is 7.26. The number of anilines is 1. The van der Waals surface area contributed by atoms with Gasteiger partial charge in [0.15, 0.2) is 0 Å². The Morgan fingerprint density at radius 3 is 2.13 bits per heavy atom. The van der Waals surface area contributed by atoms with Gasteiger partial charge in [0.1, 0.15) is 5.54 Å². The Labute approximate surface area is 251 Å². The highest BCUT2D eigenvalue weighted by atomic mass is 35.5. The first-order valence-corrected chi connectivity index (χ1v) is 14.1. The third-order valence-corrected chi connectivity index (χ3v) is 8.57. The SMILES string of the molecule is CC1(C)C(=O)N(Cc2ccc(Cl)cc2Cl)C(=O)N1CCCCCN1CCN(c2ccc(Cl)c(Cl)c2)CC1.Cl. The predicted molar refractivity (Wildman–Crippen MR) is 159 cm³/mol. The molecule has 0 radical (unpaired) electrons. The Morgan fingerprint density at radius 2 is 1.47 bits per heavy atom. The second kappa shape index (κ2) is 13.3. The molecule has 0 unspecified atom stereocenters. The van der Waals surface area contributed by atoms with Crippen LogP contribution in [0.4, 0.5) is 10.5 Å². The van der Waals surface area contributed by atoms with Crippen molar-refractivity contribution in [1.29, 1.82) is 0 Å². The first-order valence-electron chi connectivity index (χ1n) is 12.6.